The largest absolute Gasteiger partial charge is 0.378 e. The van der Waals surface area contributed by atoms with Crippen LogP contribution in [0.1, 0.15) is 24.4 Å². The first kappa shape index (κ1) is 13.3. The molecular formula is C16H16N4O. The van der Waals surface area contributed by atoms with Crippen molar-refractivity contribution in [3.8, 4) is 11.5 Å². The van der Waals surface area contributed by atoms with Gasteiger partial charge in [-0.3, -0.25) is 4.98 Å². The van der Waals surface area contributed by atoms with Gasteiger partial charge in [0.2, 0.25) is 0 Å². The zero-order valence-corrected chi connectivity index (χ0v) is 11.9. The molecule has 2 heterocycles. The summed E-state index contributed by atoms with van der Waals surface area (Å²) in [5.41, 5.74) is 3.03. The average Bonchev–Trinajstić information content (AvgIpc) is 2.95. The van der Waals surface area contributed by atoms with Crippen LogP contribution in [-0.2, 0) is 0 Å². The van der Waals surface area contributed by atoms with E-state index < -0.39 is 0 Å². The molecule has 0 amide bonds. The van der Waals surface area contributed by atoms with Gasteiger partial charge in [-0.2, -0.15) is 4.98 Å². The number of hydrogen-bond acceptors (Lipinski definition) is 5. The predicted octanol–water partition coefficient (Wildman–Crippen LogP) is 3.61. The molecule has 0 radical (unpaired) electrons. The third-order valence-corrected chi connectivity index (χ3v) is 3.26. The van der Waals surface area contributed by atoms with Gasteiger partial charge >= 0.3 is 0 Å². The highest BCUT2D eigenvalue weighted by molar-refractivity contribution is 5.72. The highest BCUT2D eigenvalue weighted by Crippen LogP contribution is 2.29. The third-order valence-electron chi connectivity index (χ3n) is 3.26. The molecule has 2 aromatic heterocycles. The SMILES string of the molecule is Cc1noc(-c2ccccc2NC(C)c2ccncc2)n1. The van der Waals surface area contributed by atoms with Gasteiger partial charge in [-0.05, 0) is 43.7 Å². The molecule has 1 atom stereocenters. The summed E-state index contributed by atoms with van der Waals surface area (Å²) in [6.45, 7) is 3.91. The second-order valence-corrected chi connectivity index (χ2v) is 4.84. The molecule has 0 saturated heterocycles. The number of nitrogens with zero attached hydrogens (tertiary/aromatic N) is 3. The van der Waals surface area contributed by atoms with Gasteiger partial charge in [-0.25, -0.2) is 0 Å². The summed E-state index contributed by atoms with van der Waals surface area (Å²) in [4.78, 5) is 8.34. The molecule has 1 aromatic carbocycles. The molecular weight excluding hydrogens is 264 g/mol. The third kappa shape index (κ3) is 2.91. The van der Waals surface area contributed by atoms with Gasteiger partial charge in [-0.1, -0.05) is 17.3 Å². The van der Waals surface area contributed by atoms with Gasteiger partial charge in [0, 0.05) is 24.1 Å². The van der Waals surface area contributed by atoms with Gasteiger partial charge in [0.05, 0.1) is 5.56 Å². The summed E-state index contributed by atoms with van der Waals surface area (Å²) in [5.74, 6) is 1.15. The van der Waals surface area contributed by atoms with E-state index in [2.05, 4.69) is 27.4 Å². The van der Waals surface area contributed by atoms with Crippen molar-refractivity contribution < 1.29 is 4.52 Å². The van der Waals surface area contributed by atoms with Crippen LogP contribution in [0.5, 0.6) is 0 Å². The normalized spacial score (nSPS) is 12.1. The van der Waals surface area contributed by atoms with Crippen molar-refractivity contribution in [3.05, 3.63) is 60.2 Å². The van der Waals surface area contributed by atoms with Crippen molar-refractivity contribution in [2.75, 3.05) is 5.32 Å². The minimum atomic E-state index is 0.151. The second kappa shape index (κ2) is 5.75. The van der Waals surface area contributed by atoms with Crippen LogP contribution >= 0.6 is 0 Å². The Hall–Kier alpha value is -2.69. The summed E-state index contributed by atoms with van der Waals surface area (Å²) in [7, 11) is 0. The molecule has 0 aliphatic heterocycles. The van der Waals surface area contributed by atoms with Gasteiger partial charge in [0.25, 0.3) is 5.89 Å². The van der Waals surface area contributed by atoms with Crippen molar-refractivity contribution in [2.24, 2.45) is 0 Å². The summed E-state index contributed by atoms with van der Waals surface area (Å²) in [6.07, 6.45) is 3.58. The van der Waals surface area contributed by atoms with Gasteiger partial charge in [0.15, 0.2) is 5.82 Å². The quantitative estimate of drug-likeness (QED) is 0.790. The van der Waals surface area contributed by atoms with E-state index in [1.54, 1.807) is 12.4 Å². The van der Waals surface area contributed by atoms with Crippen LogP contribution in [0.25, 0.3) is 11.5 Å². The second-order valence-electron chi connectivity index (χ2n) is 4.84. The van der Waals surface area contributed by atoms with E-state index >= 15 is 0 Å². The van der Waals surface area contributed by atoms with Crippen molar-refractivity contribution in [1.82, 2.24) is 15.1 Å². The lowest BCUT2D eigenvalue weighted by Crippen LogP contribution is -2.07. The molecule has 0 bridgehead atoms. The van der Waals surface area contributed by atoms with Gasteiger partial charge in [0.1, 0.15) is 0 Å². The number of hydrogen-bond donors (Lipinski definition) is 1. The summed E-state index contributed by atoms with van der Waals surface area (Å²) in [6, 6.07) is 12.1. The number of aromatic nitrogens is 3. The molecule has 0 saturated carbocycles. The average molecular weight is 280 g/mol. The molecule has 1 unspecified atom stereocenters. The standard InChI is InChI=1S/C16H16N4O/c1-11(13-7-9-17-10-8-13)18-15-6-4-3-5-14(15)16-19-12(2)20-21-16/h3-11,18H,1-2H3. The van der Waals surface area contributed by atoms with E-state index in [0.29, 0.717) is 11.7 Å². The molecule has 21 heavy (non-hydrogen) atoms. The first-order valence-electron chi connectivity index (χ1n) is 6.80. The van der Waals surface area contributed by atoms with Crippen molar-refractivity contribution in [1.29, 1.82) is 0 Å². The lowest BCUT2D eigenvalue weighted by Gasteiger charge is -2.17. The summed E-state index contributed by atoms with van der Waals surface area (Å²) >= 11 is 0. The van der Waals surface area contributed by atoms with Crippen LogP contribution in [0.3, 0.4) is 0 Å². The number of anilines is 1. The number of pyridine rings is 1. The fourth-order valence-corrected chi connectivity index (χ4v) is 2.17. The predicted molar refractivity (Wildman–Crippen MR) is 80.7 cm³/mol. The van der Waals surface area contributed by atoms with Crippen LogP contribution in [0.15, 0.2) is 53.3 Å². The number of benzene rings is 1. The fraction of sp³-hybridized carbons (Fsp3) is 0.188. The smallest absolute Gasteiger partial charge is 0.260 e. The van der Waals surface area contributed by atoms with Gasteiger partial charge < -0.3 is 9.84 Å². The summed E-state index contributed by atoms with van der Waals surface area (Å²) < 4.78 is 5.27. The zero-order chi connectivity index (χ0) is 14.7. The molecule has 1 N–H and O–H groups in total. The van der Waals surface area contributed by atoms with Crippen LogP contribution < -0.4 is 5.32 Å². The van der Waals surface area contributed by atoms with E-state index in [9.17, 15) is 0 Å². The lowest BCUT2D eigenvalue weighted by molar-refractivity contribution is 0.425. The van der Waals surface area contributed by atoms with Gasteiger partial charge in [-0.15, -0.1) is 0 Å². The molecule has 3 aromatic rings. The monoisotopic (exact) mass is 280 g/mol. The minimum Gasteiger partial charge on any atom is -0.378 e. The Balaban J connectivity index is 1.89. The Morgan fingerprint density at radius 1 is 1.10 bits per heavy atom. The number of rotatable bonds is 4. The molecule has 3 rings (SSSR count). The molecule has 5 heteroatoms. The lowest BCUT2D eigenvalue weighted by atomic mass is 10.1. The number of nitrogens with one attached hydrogen (secondary N) is 1. The van der Waals surface area contributed by atoms with Crippen LogP contribution in [0, 0.1) is 6.92 Å². The van der Waals surface area contributed by atoms with E-state index in [4.69, 9.17) is 4.52 Å². The first-order chi connectivity index (χ1) is 10.2. The van der Waals surface area contributed by atoms with Crippen LogP contribution in [0.2, 0.25) is 0 Å². The molecule has 5 nitrogen and oxygen atoms in total. The highest BCUT2D eigenvalue weighted by atomic mass is 16.5. The van der Waals surface area contributed by atoms with Crippen LogP contribution in [0.4, 0.5) is 5.69 Å². The Morgan fingerprint density at radius 3 is 2.57 bits per heavy atom. The molecule has 0 spiro atoms. The van der Waals surface area contributed by atoms with Crippen molar-refractivity contribution in [2.45, 2.75) is 19.9 Å². The minimum absolute atomic E-state index is 0.151. The zero-order valence-electron chi connectivity index (χ0n) is 11.9. The Labute approximate surface area is 123 Å². The Morgan fingerprint density at radius 2 is 1.86 bits per heavy atom. The van der Waals surface area contributed by atoms with Crippen molar-refractivity contribution >= 4 is 5.69 Å². The Bertz CT molecular complexity index is 724. The topological polar surface area (TPSA) is 63.8 Å². The number of aryl methyl sites for hydroxylation is 1. The fourth-order valence-electron chi connectivity index (χ4n) is 2.17. The van der Waals surface area contributed by atoms with E-state index in [-0.39, 0.29) is 6.04 Å². The molecule has 0 aliphatic carbocycles. The van der Waals surface area contributed by atoms with E-state index in [1.807, 2.05) is 43.3 Å². The van der Waals surface area contributed by atoms with Crippen LogP contribution in [-0.4, -0.2) is 15.1 Å². The maximum Gasteiger partial charge on any atom is 0.260 e. The van der Waals surface area contributed by atoms with E-state index in [0.717, 1.165) is 11.3 Å². The number of para-hydroxylation sites is 1. The maximum atomic E-state index is 5.27. The summed E-state index contributed by atoms with van der Waals surface area (Å²) in [5, 5.41) is 7.33. The molecule has 0 fully saturated rings. The maximum absolute atomic E-state index is 5.27. The molecule has 0 aliphatic rings. The first-order valence-corrected chi connectivity index (χ1v) is 6.80. The van der Waals surface area contributed by atoms with Crippen molar-refractivity contribution in [3.63, 3.8) is 0 Å². The highest BCUT2D eigenvalue weighted by Gasteiger charge is 2.13. The van der Waals surface area contributed by atoms with E-state index in [1.165, 1.54) is 5.56 Å². The Kier molecular flexibility index (Phi) is 3.64. The molecule has 106 valence electrons.